The minimum atomic E-state index is -0.486. The number of ether oxygens (including phenoxy) is 1. The van der Waals surface area contributed by atoms with Crippen LogP contribution in [0, 0.1) is 11.8 Å². The molecule has 6 nitrogen and oxygen atoms in total. The van der Waals surface area contributed by atoms with Crippen molar-refractivity contribution in [2.24, 2.45) is 11.8 Å². The van der Waals surface area contributed by atoms with E-state index in [-0.39, 0.29) is 23.7 Å². The minimum absolute atomic E-state index is 0.0580. The molecule has 1 aliphatic carbocycles. The first kappa shape index (κ1) is 21.1. The summed E-state index contributed by atoms with van der Waals surface area (Å²) in [5.41, 5.74) is 0.602. The summed E-state index contributed by atoms with van der Waals surface area (Å²) < 4.78 is 5.25. The molecule has 0 heterocycles. The molecule has 0 atom stereocenters. The van der Waals surface area contributed by atoms with Crippen LogP contribution in [0.3, 0.4) is 0 Å². The lowest BCUT2D eigenvalue weighted by atomic mass is 9.81. The smallest absolute Gasteiger partial charge is 0.407 e. The number of nitrogens with one attached hydrogen (secondary N) is 2. The highest BCUT2D eigenvalue weighted by molar-refractivity contribution is 5.78. The Morgan fingerprint density at radius 3 is 2.30 bits per heavy atom. The predicted octanol–water partition coefficient (Wildman–Crippen LogP) is 3.38. The molecule has 150 valence electrons. The molecule has 1 saturated carbocycles. The highest BCUT2D eigenvalue weighted by atomic mass is 16.6. The summed E-state index contributed by atoms with van der Waals surface area (Å²) in [5, 5.41) is 15.1. The van der Waals surface area contributed by atoms with E-state index >= 15 is 0 Å². The number of hydrogen-bond donors (Lipinski definition) is 3. The van der Waals surface area contributed by atoms with Crippen molar-refractivity contribution in [3.05, 3.63) is 29.8 Å². The lowest BCUT2D eigenvalue weighted by molar-refractivity contribution is -0.126. The number of aromatic hydroxyl groups is 1. The number of phenolic OH excluding ortho intramolecular Hbond substituents is 1. The molecule has 2 amide bonds. The molecular formula is C21H32N2O4. The fraction of sp³-hybridized carbons (Fsp3) is 0.619. The van der Waals surface area contributed by atoms with Gasteiger partial charge in [0, 0.05) is 19.0 Å². The Labute approximate surface area is 161 Å². The summed E-state index contributed by atoms with van der Waals surface area (Å²) in [7, 11) is 0. The van der Waals surface area contributed by atoms with Crippen molar-refractivity contribution in [1.82, 2.24) is 10.6 Å². The van der Waals surface area contributed by atoms with E-state index < -0.39 is 5.60 Å². The summed E-state index contributed by atoms with van der Waals surface area (Å²) >= 11 is 0. The number of rotatable bonds is 6. The third kappa shape index (κ3) is 7.89. The third-order valence-electron chi connectivity index (χ3n) is 4.80. The Morgan fingerprint density at radius 1 is 1.07 bits per heavy atom. The van der Waals surface area contributed by atoms with Crippen LogP contribution in [0.4, 0.5) is 4.79 Å². The normalized spacial score (nSPS) is 20.0. The highest BCUT2D eigenvalue weighted by Crippen LogP contribution is 2.28. The van der Waals surface area contributed by atoms with E-state index in [0.717, 1.165) is 37.7 Å². The van der Waals surface area contributed by atoms with Crippen LogP contribution in [-0.2, 0) is 16.0 Å². The second-order valence-corrected chi connectivity index (χ2v) is 8.31. The first-order valence-electron chi connectivity index (χ1n) is 9.75. The number of phenols is 1. The molecule has 6 heteroatoms. The van der Waals surface area contributed by atoms with E-state index in [9.17, 15) is 14.7 Å². The largest absolute Gasteiger partial charge is 0.508 e. The van der Waals surface area contributed by atoms with Crippen molar-refractivity contribution in [3.8, 4) is 5.75 Å². The summed E-state index contributed by atoms with van der Waals surface area (Å²) in [5.74, 6) is 0.828. The molecule has 2 rings (SSSR count). The molecule has 0 saturated heterocycles. The summed E-state index contributed by atoms with van der Waals surface area (Å²) in [6.45, 7) is 6.74. The van der Waals surface area contributed by atoms with Gasteiger partial charge in [0.25, 0.3) is 0 Å². The van der Waals surface area contributed by atoms with Crippen molar-refractivity contribution >= 4 is 12.0 Å². The SMILES string of the molecule is CC(C)(C)OC(=O)NCC1CCC(C(=O)NCCc2ccc(O)cc2)CC1. The van der Waals surface area contributed by atoms with Crippen LogP contribution in [0.2, 0.25) is 0 Å². The van der Waals surface area contributed by atoms with Gasteiger partial charge >= 0.3 is 6.09 Å². The minimum Gasteiger partial charge on any atom is -0.508 e. The van der Waals surface area contributed by atoms with E-state index in [2.05, 4.69) is 10.6 Å². The van der Waals surface area contributed by atoms with E-state index in [1.165, 1.54) is 0 Å². The van der Waals surface area contributed by atoms with Crippen molar-refractivity contribution in [3.63, 3.8) is 0 Å². The second-order valence-electron chi connectivity index (χ2n) is 8.31. The van der Waals surface area contributed by atoms with Crippen LogP contribution in [0.5, 0.6) is 5.75 Å². The van der Waals surface area contributed by atoms with Gasteiger partial charge in [-0.15, -0.1) is 0 Å². The lowest BCUT2D eigenvalue weighted by Gasteiger charge is -2.28. The Hall–Kier alpha value is -2.24. The van der Waals surface area contributed by atoms with Gasteiger partial charge in [0.2, 0.25) is 5.91 Å². The predicted molar refractivity (Wildman–Crippen MR) is 105 cm³/mol. The van der Waals surface area contributed by atoms with Crippen LogP contribution in [0.25, 0.3) is 0 Å². The number of alkyl carbamates (subject to hydrolysis) is 1. The van der Waals surface area contributed by atoms with Crippen LogP contribution in [0.1, 0.15) is 52.0 Å². The summed E-state index contributed by atoms with van der Waals surface area (Å²) in [4.78, 5) is 24.0. The first-order chi connectivity index (χ1) is 12.7. The molecule has 0 bridgehead atoms. The standard InChI is InChI=1S/C21H32N2O4/c1-21(2,3)27-20(26)23-14-16-4-8-17(9-5-16)19(25)22-13-12-15-6-10-18(24)11-7-15/h6-7,10-11,16-17,24H,4-5,8-9,12-14H2,1-3H3,(H,22,25)(H,23,26). The number of benzene rings is 1. The maximum absolute atomic E-state index is 12.3. The molecule has 0 aromatic heterocycles. The van der Waals surface area contributed by atoms with Crippen molar-refractivity contribution in [2.45, 2.75) is 58.5 Å². The third-order valence-corrected chi connectivity index (χ3v) is 4.80. The van der Waals surface area contributed by atoms with Gasteiger partial charge in [-0.1, -0.05) is 12.1 Å². The van der Waals surface area contributed by atoms with E-state index in [1.807, 2.05) is 32.9 Å². The molecule has 0 unspecified atom stereocenters. The zero-order chi connectivity index (χ0) is 19.9. The number of carbonyl (C=O) groups is 2. The maximum Gasteiger partial charge on any atom is 0.407 e. The molecule has 1 fully saturated rings. The zero-order valence-electron chi connectivity index (χ0n) is 16.6. The summed E-state index contributed by atoms with van der Waals surface area (Å²) in [6, 6.07) is 7.04. The van der Waals surface area contributed by atoms with Gasteiger partial charge in [-0.05, 0) is 76.5 Å². The monoisotopic (exact) mass is 376 g/mol. The first-order valence-corrected chi connectivity index (χ1v) is 9.75. The van der Waals surface area contributed by atoms with E-state index in [4.69, 9.17) is 4.74 Å². The van der Waals surface area contributed by atoms with Crippen LogP contribution in [-0.4, -0.2) is 35.8 Å². The molecule has 0 aliphatic heterocycles. The Kier molecular flexibility index (Phi) is 7.51. The van der Waals surface area contributed by atoms with Gasteiger partial charge in [-0.25, -0.2) is 4.79 Å². The Bertz CT molecular complexity index is 614. The van der Waals surface area contributed by atoms with E-state index in [0.29, 0.717) is 19.0 Å². The fourth-order valence-electron chi connectivity index (χ4n) is 3.31. The van der Waals surface area contributed by atoms with Crippen molar-refractivity contribution in [1.29, 1.82) is 0 Å². The van der Waals surface area contributed by atoms with Crippen LogP contribution < -0.4 is 10.6 Å². The van der Waals surface area contributed by atoms with Crippen molar-refractivity contribution < 1.29 is 19.4 Å². The van der Waals surface area contributed by atoms with Crippen molar-refractivity contribution in [2.75, 3.05) is 13.1 Å². The average Bonchev–Trinajstić information content (AvgIpc) is 2.60. The molecule has 1 aliphatic rings. The lowest BCUT2D eigenvalue weighted by Crippen LogP contribution is -2.38. The van der Waals surface area contributed by atoms with Gasteiger partial charge in [0.05, 0.1) is 0 Å². The quantitative estimate of drug-likeness (QED) is 0.710. The van der Waals surface area contributed by atoms with Gasteiger partial charge in [-0.2, -0.15) is 0 Å². The fourth-order valence-corrected chi connectivity index (χ4v) is 3.31. The molecule has 27 heavy (non-hydrogen) atoms. The Morgan fingerprint density at radius 2 is 1.70 bits per heavy atom. The number of amides is 2. The van der Waals surface area contributed by atoms with Gasteiger partial charge < -0.3 is 20.5 Å². The molecule has 0 radical (unpaired) electrons. The molecule has 1 aromatic rings. The second kappa shape index (κ2) is 9.62. The molecular weight excluding hydrogens is 344 g/mol. The highest BCUT2D eigenvalue weighted by Gasteiger charge is 2.26. The van der Waals surface area contributed by atoms with E-state index in [1.54, 1.807) is 12.1 Å². The number of carbonyl (C=O) groups excluding carboxylic acids is 2. The zero-order valence-corrected chi connectivity index (χ0v) is 16.6. The molecule has 3 N–H and O–H groups in total. The van der Waals surface area contributed by atoms with Gasteiger partial charge in [0.1, 0.15) is 11.4 Å². The summed E-state index contributed by atoms with van der Waals surface area (Å²) in [6.07, 6.45) is 3.95. The average molecular weight is 376 g/mol. The topological polar surface area (TPSA) is 87.7 Å². The molecule has 0 spiro atoms. The maximum atomic E-state index is 12.3. The Balaban J connectivity index is 1.62. The van der Waals surface area contributed by atoms with Gasteiger partial charge in [0.15, 0.2) is 0 Å². The molecule has 1 aromatic carbocycles. The van der Waals surface area contributed by atoms with Crippen LogP contribution >= 0.6 is 0 Å². The van der Waals surface area contributed by atoms with Gasteiger partial charge in [-0.3, -0.25) is 4.79 Å². The number of hydrogen-bond acceptors (Lipinski definition) is 4. The van der Waals surface area contributed by atoms with Crippen LogP contribution in [0.15, 0.2) is 24.3 Å².